The van der Waals surface area contributed by atoms with E-state index in [0.29, 0.717) is 6.54 Å². The van der Waals surface area contributed by atoms with Crippen LogP contribution in [-0.4, -0.2) is 30.3 Å². The zero-order valence-electron chi connectivity index (χ0n) is 6.18. The summed E-state index contributed by atoms with van der Waals surface area (Å²) in [5.74, 6) is 0.141. The summed E-state index contributed by atoms with van der Waals surface area (Å²) in [6.07, 6.45) is 3.88. The second kappa shape index (κ2) is 3.52. The van der Waals surface area contributed by atoms with Crippen LogP contribution in [0.4, 0.5) is 0 Å². The molecule has 0 aliphatic carbocycles. The topological polar surface area (TPSA) is 20.3 Å². The highest BCUT2D eigenvalue weighted by atomic mass is 16.1. The van der Waals surface area contributed by atoms with E-state index in [2.05, 4.69) is 11.5 Å². The fourth-order valence-electron chi connectivity index (χ4n) is 1.23. The zero-order valence-corrected chi connectivity index (χ0v) is 6.18. The number of likely N-dealkylation sites (tertiary alicyclic amines) is 1. The smallest absolute Gasteiger partial charge is 0.169 e. The molecule has 1 fully saturated rings. The van der Waals surface area contributed by atoms with Crippen molar-refractivity contribution < 1.29 is 4.79 Å². The fraction of sp³-hybridized carbons (Fsp3) is 0.625. The molecule has 10 heavy (non-hydrogen) atoms. The van der Waals surface area contributed by atoms with E-state index < -0.39 is 0 Å². The molecule has 2 heteroatoms. The van der Waals surface area contributed by atoms with E-state index in [4.69, 9.17) is 0 Å². The maximum Gasteiger partial charge on any atom is 0.169 e. The lowest BCUT2D eigenvalue weighted by atomic mass is 10.3. The van der Waals surface area contributed by atoms with E-state index in [1.165, 1.54) is 18.9 Å². The molecule has 0 spiro atoms. The van der Waals surface area contributed by atoms with E-state index >= 15 is 0 Å². The first-order valence-corrected chi connectivity index (χ1v) is 3.70. The monoisotopic (exact) mass is 139 g/mol. The van der Waals surface area contributed by atoms with Gasteiger partial charge in [0.25, 0.3) is 0 Å². The molecular weight excluding hydrogens is 126 g/mol. The van der Waals surface area contributed by atoms with Gasteiger partial charge in [-0.3, -0.25) is 9.69 Å². The molecule has 0 radical (unpaired) electrons. The van der Waals surface area contributed by atoms with E-state index in [0.717, 1.165) is 13.1 Å². The minimum Gasteiger partial charge on any atom is -0.296 e. The van der Waals surface area contributed by atoms with Gasteiger partial charge in [0.1, 0.15) is 0 Å². The first-order chi connectivity index (χ1) is 4.83. The summed E-state index contributed by atoms with van der Waals surface area (Å²) in [4.78, 5) is 13.0. The molecule has 0 atom stereocenters. The number of ketones is 1. The van der Waals surface area contributed by atoms with Gasteiger partial charge in [-0.15, -0.1) is 0 Å². The number of hydrogen-bond donors (Lipinski definition) is 0. The van der Waals surface area contributed by atoms with Gasteiger partial charge in [-0.1, -0.05) is 6.58 Å². The second-order valence-corrected chi connectivity index (χ2v) is 2.65. The summed E-state index contributed by atoms with van der Waals surface area (Å²) in [5, 5.41) is 0. The Morgan fingerprint density at radius 1 is 1.50 bits per heavy atom. The molecule has 1 heterocycles. The number of carbonyl (C=O) groups is 1. The average Bonchev–Trinajstić information content (AvgIpc) is 2.40. The highest BCUT2D eigenvalue weighted by Crippen LogP contribution is 2.06. The second-order valence-electron chi connectivity index (χ2n) is 2.65. The minimum atomic E-state index is 0.141. The van der Waals surface area contributed by atoms with Gasteiger partial charge in [0, 0.05) is 0 Å². The molecule has 0 unspecified atom stereocenters. The van der Waals surface area contributed by atoms with Crippen LogP contribution < -0.4 is 0 Å². The normalized spacial score (nSPS) is 19.2. The molecule has 1 rings (SSSR count). The Hall–Kier alpha value is -0.630. The maximum atomic E-state index is 10.8. The number of carbonyl (C=O) groups excluding carboxylic acids is 1. The van der Waals surface area contributed by atoms with Gasteiger partial charge in [0.05, 0.1) is 6.54 Å². The third-order valence-corrected chi connectivity index (χ3v) is 1.81. The molecule has 2 nitrogen and oxygen atoms in total. The van der Waals surface area contributed by atoms with Crippen molar-refractivity contribution in [1.82, 2.24) is 4.90 Å². The van der Waals surface area contributed by atoms with Crippen molar-refractivity contribution in [2.24, 2.45) is 0 Å². The Morgan fingerprint density at radius 3 is 2.60 bits per heavy atom. The Kier molecular flexibility index (Phi) is 2.63. The van der Waals surface area contributed by atoms with Gasteiger partial charge < -0.3 is 0 Å². The van der Waals surface area contributed by atoms with Crippen LogP contribution in [0.25, 0.3) is 0 Å². The van der Waals surface area contributed by atoms with E-state index in [1.54, 1.807) is 0 Å². The molecule has 0 amide bonds. The molecular formula is C8H13NO. The molecule has 0 N–H and O–H groups in total. The fourth-order valence-corrected chi connectivity index (χ4v) is 1.23. The van der Waals surface area contributed by atoms with Crippen LogP contribution in [-0.2, 0) is 4.79 Å². The minimum absolute atomic E-state index is 0.141. The van der Waals surface area contributed by atoms with Crippen LogP contribution in [0.5, 0.6) is 0 Å². The van der Waals surface area contributed by atoms with Gasteiger partial charge in [-0.05, 0) is 32.0 Å². The Bertz CT molecular complexity index is 136. The first-order valence-electron chi connectivity index (χ1n) is 3.70. The lowest BCUT2D eigenvalue weighted by Gasteiger charge is -2.10. The van der Waals surface area contributed by atoms with E-state index in [-0.39, 0.29) is 5.78 Å². The van der Waals surface area contributed by atoms with Crippen LogP contribution in [0, 0.1) is 0 Å². The Morgan fingerprint density at radius 2 is 2.10 bits per heavy atom. The van der Waals surface area contributed by atoms with Gasteiger partial charge >= 0.3 is 0 Å². The van der Waals surface area contributed by atoms with Crippen molar-refractivity contribution >= 4 is 5.78 Å². The van der Waals surface area contributed by atoms with Crippen molar-refractivity contribution in [1.29, 1.82) is 0 Å². The third-order valence-electron chi connectivity index (χ3n) is 1.81. The maximum absolute atomic E-state index is 10.8. The molecule has 56 valence electrons. The summed E-state index contributed by atoms with van der Waals surface area (Å²) >= 11 is 0. The molecule has 1 aliphatic rings. The summed E-state index contributed by atoms with van der Waals surface area (Å²) in [7, 11) is 0. The Balaban J connectivity index is 2.23. The van der Waals surface area contributed by atoms with Crippen molar-refractivity contribution in [2.45, 2.75) is 12.8 Å². The molecule has 0 aromatic heterocycles. The number of nitrogens with zero attached hydrogens (tertiary/aromatic N) is 1. The highest BCUT2D eigenvalue weighted by Gasteiger charge is 2.12. The predicted octanol–water partition coefficient (Wildman–Crippen LogP) is 0.837. The summed E-state index contributed by atoms with van der Waals surface area (Å²) in [6, 6.07) is 0. The molecule has 0 bridgehead atoms. The number of rotatable bonds is 3. The largest absolute Gasteiger partial charge is 0.296 e. The van der Waals surface area contributed by atoms with Crippen molar-refractivity contribution in [3.63, 3.8) is 0 Å². The van der Waals surface area contributed by atoms with Crippen LogP contribution in [0.1, 0.15) is 12.8 Å². The van der Waals surface area contributed by atoms with Crippen LogP contribution in [0.3, 0.4) is 0 Å². The third kappa shape index (κ3) is 1.95. The lowest BCUT2D eigenvalue weighted by Crippen LogP contribution is -2.25. The predicted molar refractivity (Wildman–Crippen MR) is 40.9 cm³/mol. The molecule has 1 aliphatic heterocycles. The van der Waals surface area contributed by atoms with Crippen molar-refractivity contribution in [3.05, 3.63) is 12.7 Å². The van der Waals surface area contributed by atoms with Gasteiger partial charge in [-0.25, -0.2) is 0 Å². The first kappa shape index (κ1) is 7.48. The molecule has 0 saturated carbocycles. The van der Waals surface area contributed by atoms with Crippen LogP contribution >= 0.6 is 0 Å². The van der Waals surface area contributed by atoms with Crippen molar-refractivity contribution in [2.75, 3.05) is 19.6 Å². The van der Waals surface area contributed by atoms with Crippen molar-refractivity contribution in [3.8, 4) is 0 Å². The van der Waals surface area contributed by atoms with Gasteiger partial charge in [-0.2, -0.15) is 0 Å². The van der Waals surface area contributed by atoms with Crippen LogP contribution in [0.2, 0.25) is 0 Å². The van der Waals surface area contributed by atoms with Gasteiger partial charge in [0.15, 0.2) is 5.78 Å². The summed E-state index contributed by atoms with van der Waals surface area (Å²) in [6.45, 7) is 6.17. The SMILES string of the molecule is C=CC(=O)CN1CCCC1. The molecule has 0 aromatic carbocycles. The summed E-state index contributed by atoms with van der Waals surface area (Å²) in [5.41, 5.74) is 0. The van der Waals surface area contributed by atoms with E-state index in [1.807, 2.05) is 0 Å². The number of hydrogen-bond acceptors (Lipinski definition) is 2. The Labute approximate surface area is 61.5 Å². The zero-order chi connectivity index (χ0) is 7.40. The summed E-state index contributed by atoms with van der Waals surface area (Å²) < 4.78 is 0. The molecule has 1 saturated heterocycles. The molecule has 0 aromatic rings. The standard InChI is InChI=1S/C8H13NO/c1-2-8(10)7-9-5-3-4-6-9/h2H,1,3-7H2. The highest BCUT2D eigenvalue weighted by molar-refractivity contribution is 5.90. The van der Waals surface area contributed by atoms with Gasteiger partial charge in [0.2, 0.25) is 0 Å². The average molecular weight is 139 g/mol. The quantitative estimate of drug-likeness (QED) is 0.540. The lowest BCUT2D eigenvalue weighted by molar-refractivity contribution is -0.115. The van der Waals surface area contributed by atoms with E-state index in [9.17, 15) is 4.79 Å². The van der Waals surface area contributed by atoms with Crippen LogP contribution in [0.15, 0.2) is 12.7 Å².